The molecule has 0 bridgehead atoms. The van der Waals surface area contributed by atoms with Crippen LogP contribution in [0.3, 0.4) is 0 Å². The van der Waals surface area contributed by atoms with Crippen molar-refractivity contribution in [2.75, 3.05) is 39.7 Å². The molecule has 1 aromatic rings. The van der Waals surface area contributed by atoms with Gasteiger partial charge in [-0.2, -0.15) is 0 Å². The van der Waals surface area contributed by atoms with Gasteiger partial charge in [0.15, 0.2) is 0 Å². The molecular weight excluding hydrogens is 292 g/mol. The Balaban J connectivity index is 2.42. The highest BCUT2D eigenvalue weighted by molar-refractivity contribution is 7.98. The third-order valence-corrected chi connectivity index (χ3v) is 5.73. The number of thioether (sulfide) groups is 1. The molecule has 114 valence electrons. The summed E-state index contributed by atoms with van der Waals surface area (Å²) in [7, 11) is 2.10. The van der Waals surface area contributed by atoms with Gasteiger partial charge in [-0.15, -0.1) is 11.8 Å². The molecule has 0 aliphatic carbocycles. The Bertz CT molecular complexity index is 516. The lowest BCUT2D eigenvalue weighted by molar-refractivity contribution is 0.327. The average Bonchev–Trinajstić information content (AvgIpc) is 2.38. The lowest BCUT2D eigenvalue weighted by Crippen LogP contribution is -2.28. The topological polar surface area (TPSA) is 40.6 Å². The number of benzene rings is 1. The van der Waals surface area contributed by atoms with Crippen LogP contribution in [-0.4, -0.2) is 57.3 Å². The third-order valence-electron chi connectivity index (χ3n) is 3.09. The quantitative estimate of drug-likeness (QED) is 0.689. The molecule has 20 heavy (non-hydrogen) atoms. The minimum Gasteiger partial charge on any atom is -0.302 e. The maximum absolute atomic E-state index is 11.7. The van der Waals surface area contributed by atoms with E-state index in [4.69, 9.17) is 0 Å². The fourth-order valence-corrected chi connectivity index (χ4v) is 3.20. The number of sulfonamides is 1. The minimum absolute atomic E-state index is 0.204. The predicted octanol–water partition coefficient (Wildman–Crippen LogP) is 2.12. The first kappa shape index (κ1) is 17.5. The van der Waals surface area contributed by atoms with Crippen molar-refractivity contribution >= 4 is 21.8 Å². The molecule has 0 amide bonds. The molecule has 1 aromatic carbocycles. The number of rotatable bonds is 8. The summed E-state index contributed by atoms with van der Waals surface area (Å²) in [5.41, 5.74) is 1.26. The molecule has 0 unspecified atom stereocenters. The van der Waals surface area contributed by atoms with Gasteiger partial charge in [0, 0.05) is 25.5 Å². The zero-order valence-electron chi connectivity index (χ0n) is 12.7. The maximum atomic E-state index is 11.7. The summed E-state index contributed by atoms with van der Waals surface area (Å²) in [6.45, 7) is 1.62. The molecule has 0 aromatic heterocycles. The Morgan fingerprint density at radius 2 is 1.90 bits per heavy atom. The van der Waals surface area contributed by atoms with Crippen LogP contribution in [0, 0.1) is 0 Å². The number of hydrogen-bond donors (Lipinski definition) is 0. The van der Waals surface area contributed by atoms with E-state index in [-0.39, 0.29) is 5.75 Å². The van der Waals surface area contributed by atoms with Crippen LogP contribution in [0.4, 0.5) is 0 Å². The lowest BCUT2D eigenvalue weighted by Gasteiger charge is -2.18. The van der Waals surface area contributed by atoms with Crippen LogP contribution < -0.4 is 0 Å². The molecule has 0 aliphatic rings. The molecule has 6 heteroatoms. The summed E-state index contributed by atoms with van der Waals surface area (Å²) in [5.74, 6) is 0.204. The molecule has 0 heterocycles. The van der Waals surface area contributed by atoms with E-state index in [9.17, 15) is 8.42 Å². The fourth-order valence-electron chi connectivity index (χ4n) is 1.86. The van der Waals surface area contributed by atoms with Crippen LogP contribution >= 0.6 is 11.8 Å². The Kier molecular flexibility index (Phi) is 7.02. The predicted molar refractivity (Wildman–Crippen MR) is 86.6 cm³/mol. The van der Waals surface area contributed by atoms with Gasteiger partial charge < -0.3 is 4.90 Å². The van der Waals surface area contributed by atoms with Crippen molar-refractivity contribution in [1.29, 1.82) is 0 Å². The second-order valence-corrected chi connectivity index (χ2v) is 8.22. The number of hydrogen-bond acceptors (Lipinski definition) is 4. The number of nitrogens with zero attached hydrogens (tertiary/aromatic N) is 2. The maximum Gasteiger partial charge on any atom is 0.213 e. The van der Waals surface area contributed by atoms with Crippen molar-refractivity contribution < 1.29 is 8.42 Å². The molecule has 0 spiro atoms. The summed E-state index contributed by atoms with van der Waals surface area (Å²) in [6, 6.07) is 8.44. The standard InChI is InChI=1S/C14H24N2O2S2/c1-15(2)20(17,18)10-6-9-16(3)12-13-7-5-8-14(11-13)19-4/h5,7-8,11H,6,9-10,12H2,1-4H3. The fraction of sp³-hybridized carbons (Fsp3) is 0.571. The second kappa shape index (κ2) is 8.02. The molecule has 0 saturated heterocycles. The summed E-state index contributed by atoms with van der Waals surface area (Å²) in [4.78, 5) is 3.41. The third kappa shape index (κ3) is 5.83. The van der Waals surface area contributed by atoms with E-state index in [0.29, 0.717) is 6.42 Å². The highest BCUT2D eigenvalue weighted by atomic mass is 32.2. The largest absolute Gasteiger partial charge is 0.302 e. The van der Waals surface area contributed by atoms with Crippen LogP contribution in [0.15, 0.2) is 29.2 Å². The minimum atomic E-state index is -3.07. The van der Waals surface area contributed by atoms with Gasteiger partial charge in [-0.3, -0.25) is 0 Å². The summed E-state index contributed by atoms with van der Waals surface area (Å²) < 4.78 is 24.6. The van der Waals surface area contributed by atoms with Crippen molar-refractivity contribution in [2.45, 2.75) is 17.9 Å². The average molecular weight is 316 g/mol. The molecule has 0 atom stereocenters. The Hall–Kier alpha value is -0.560. The first-order chi connectivity index (χ1) is 9.35. The van der Waals surface area contributed by atoms with Crippen molar-refractivity contribution in [2.24, 2.45) is 0 Å². The molecule has 0 N–H and O–H groups in total. The molecule has 0 aliphatic heterocycles. The smallest absolute Gasteiger partial charge is 0.213 e. The van der Waals surface area contributed by atoms with Gasteiger partial charge in [0.05, 0.1) is 5.75 Å². The molecule has 1 rings (SSSR count). The van der Waals surface area contributed by atoms with E-state index in [2.05, 4.69) is 35.4 Å². The summed E-state index contributed by atoms with van der Waals surface area (Å²) in [5, 5.41) is 0. The van der Waals surface area contributed by atoms with E-state index in [1.165, 1.54) is 14.8 Å². The zero-order chi connectivity index (χ0) is 15.2. The van der Waals surface area contributed by atoms with Gasteiger partial charge in [0.25, 0.3) is 0 Å². The normalized spacial score (nSPS) is 12.3. The van der Waals surface area contributed by atoms with Crippen LogP contribution in [0.2, 0.25) is 0 Å². The van der Waals surface area contributed by atoms with Gasteiger partial charge in [-0.25, -0.2) is 12.7 Å². The first-order valence-electron chi connectivity index (χ1n) is 6.57. The second-order valence-electron chi connectivity index (χ2n) is 5.04. The summed E-state index contributed by atoms with van der Waals surface area (Å²) >= 11 is 1.73. The Morgan fingerprint density at radius 3 is 2.50 bits per heavy atom. The molecule has 0 saturated carbocycles. The summed E-state index contributed by atoms with van der Waals surface area (Å²) in [6.07, 6.45) is 2.72. The Morgan fingerprint density at radius 1 is 1.20 bits per heavy atom. The van der Waals surface area contributed by atoms with E-state index in [1.54, 1.807) is 25.9 Å². The van der Waals surface area contributed by atoms with Crippen molar-refractivity contribution in [3.05, 3.63) is 29.8 Å². The van der Waals surface area contributed by atoms with Crippen molar-refractivity contribution in [3.63, 3.8) is 0 Å². The van der Waals surface area contributed by atoms with Crippen molar-refractivity contribution in [1.82, 2.24) is 9.21 Å². The van der Waals surface area contributed by atoms with Crippen LogP contribution in [0.25, 0.3) is 0 Å². The lowest BCUT2D eigenvalue weighted by atomic mass is 10.2. The van der Waals surface area contributed by atoms with Crippen LogP contribution in [-0.2, 0) is 16.6 Å². The van der Waals surface area contributed by atoms with Crippen molar-refractivity contribution in [3.8, 4) is 0 Å². The van der Waals surface area contributed by atoms with Gasteiger partial charge in [0.1, 0.15) is 0 Å². The zero-order valence-corrected chi connectivity index (χ0v) is 14.3. The van der Waals surface area contributed by atoms with Crippen LogP contribution in [0.5, 0.6) is 0 Å². The SMILES string of the molecule is CSc1cccc(CN(C)CCCS(=O)(=O)N(C)C)c1. The van der Waals surface area contributed by atoms with E-state index >= 15 is 0 Å². The molecule has 0 fully saturated rings. The van der Waals surface area contributed by atoms with Gasteiger partial charge >= 0.3 is 0 Å². The van der Waals surface area contributed by atoms with E-state index < -0.39 is 10.0 Å². The Labute approximate surface area is 127 Å². The van der Waals surface area contributed by atoms with Crippen LogP contribution in [0.1, 0.15) is 12.0 Å². The van der Waals surface area contributed by atoms with E-state index in [0.717, 1.165) is 13.1 Å². The highest BCUT2D eigenvalue weighted by Crippen LogP contribution is 2.16. The monoisotopic (exact) mass is 316 g/mol. The van der Waals surface area contributed by atoms with Gasteiger partial charge in [-0.05, 0) is 44.0 Å². The molecule has 4 nitrogen and oxygen atoms in total. The van der Waals surface area contributed by atoms with Gasteiger partial charge in [-0.1, -0.05) is 12.1 Å². The molecule has 0 radical (unpaired) electrons. The van der Waals surface area contributed by atoms with E-state index in [1.807, 2.05) is 7.05 Å². The van der Waals surface area contributed by atoms with Gasteiger partial charge in [0.2, 0.25) is 10.0 Å². The highest BCUT2D eigenvalue weighted by Gasteiger charge is 2.13. The first-order valence-corrected chi connectivity index (χ1v) is 9.40. The molecular formula is C14H24N2O2S2.